The lowest BCUT2D eigenvalue weighted by Gasteiger charge is -2.32. The second-order valence-corrected chi connectivity index (χ2v) is 9.11. The van der Waals surface area contributed by atoms with E-state index in [1.165, 1.54) is 0 Å². The molecule has 3 aromatic rings. The maximum atomic E-state index is 9.26. The molecule has 0 saturated carbocycles. The number of likely N-dealkylation sites (N-methyl/N-ethyl adjacent to an activating group) is 1. The van der Waals surface area contributed by atoms with Crippen molar-refractivity contribution in [2.75, 3.05) is 38.1 Å². The average molecular weight is 446 g/mol. The van der Waals surface area contributed by atoms with Crippen molar-refractivity contribution in [3.8, 4) is 11.9 Å². The first kappa shape index (κ1) is 22.1. The number of nitrogens with zero attached hydrogens (tertiary/aromatic N) is 5. The summed E-state index contributed by atoms with van der Waals surface area (Å²) < 4.78 is 6.21. The first-order valence-corrected chi connectivity index (χ1v) is 11.5. The summed E-state index contributed by atoms with van der Waals surface area (Å²) in [5, 5.41) is 9.26. The molecule has 4 rings (SSSR count). The van der Waals surface area contributed by atoms with Gasteiger partial charge in [-0.05, 0) is 49.7 Å². The lowest BCUT2D eigenvalue weighted by Crippen LogP contribution is -2.45. The number of nitriles is 1. The molecule has 2 heterocycles. The van der Waals surface area contributed by atoms with Gasteiger partial charge in [-0.1, -0.05) is 42.1 Å². The van der Waals surface area contributed by atoms with Crippen LogP contribution >= 0.6 is 11.8 Å². The van der Waals surface area contributed by atoms with E-state index in [4.69, 9.17) is 9.72 Å². The van der Waals surface area contributed by atoms with Crippen LogP contribution in [-0.2, 0) is 6.61 Å². The van der Waals surface area contributed by atoms with Crippen molar-refractivity contribution in [1.82, 2.24) is 14.9 Å². The van der Waals surface area contributed by atoms with Crippen LogP contribution in [0.25, 0.3) is 0 Å². The van der Waals surface area contributed by atoms with E-state index in [1.807, 2.05) is 62.5 Å². The smallest absolute Gasteiger partial charge is 0.232 e. The molecule has 0 radical (unpaired) electrons. The largest absolute Gasteiger partial charge is 0.472 e. The second kappa shape index (κ2) is 10.0. The van der Waals surface area contributed by atoms with Crippen molar-refractivity contribution in [2.24, 2.45) is 0 Å². The van der Waals surface area contributed by atoms with Gasteiger partial charge in [-0.15, -0.1) is 0 Å². The van der Waals surface area contributed by atoms with Gasteiger partial charge in [0.15, 0.2) is 0 Å². The Balaban J connectivity index is 1.64. The van der Waals surface area contributed by atoms with Crippen LogP contribution in [0.3, 0.4) is 0 Å². The number of hydrogen-bond donors (Lipinski definition) is 0. The van der Waals surface area contributed by atoms with Crippen LogP contribution in [0, 0.1) is 25.2 Å². The third-order valence-electron chi connectivity index (χ3n) is 5.52. The van der Waals surface area contributed by atoms with E-state index in [-0.39, 0.29) is 0 Å². The first-order valence-electron chi connectivity index (χ1n) is 10.7. The topological polar surface area (TPSA) is 65.3 Å². The Labute approximate surface area is 193 Å². The van der Waals surface area contributed by atoms with Crippen molar-refractivity contribution in [3.05, 3.63) is 70.9 Å². The molecule has 0 aliphatic carbocycles. The molecule has 32 heavy (non-hydrogen) atoms. The molecule has 0 spiro atoms. The highest BCUT2D eigenvalue weighted by molar-refractivity contribution is 7.99. The molecule has 1 aliphatic rings. The summed E-state index contributed by atoms with van der Waals surface area (Å²) in [6.45, 7) is 8.27. The van der Waals surface area contributed by atoms with Gasteiger partial charge in [0, 0.05) is 31.1 Å². The molecule has 6 nitrogen and oxygen atoms in total. The van der Waals surface area contributed by atoms with Crippen LogP contribution in [0.2, 0.25) is 0 Å². The number of aromatic nitrogens is 2. The Kier molecular flexibility index (Phi) is 6.93. The van der Waals surface area contributed by atoms with E-state index in [1.54, 1.807) is 11.8 Å². The molecule has 7 heteroatoms. The van der Waals surface area contributed by atoms with Gasteiger partial charge in [0.2, 0.25) is 11.8 Å². The van der Waals surface area contributed by atoms with Crippen LogP contribution in [0.15, 0.2) is 58.5 Å². The minimum Gasteiger partial charge on any atom is -0.472 e. The third-order valence-corrected chi connectivity index (χ3v) is 6.86. The first-order chi connectivity index (χ1) is 15.5. The number of piperazine rings is 1. The molecule has 1 saturated heterocycles. The van der Waals surface area contributed by atoms with Crippen molar-refractivity contribution < 1.29 is 4.74 Å². The maximum absolute atomic E-state index is 9.26. The van der Waals surface area contributed by atoms with Crippen LogP contribution < -0.4 is 9.64 Å². The predicted octanol–water partition coefficient (Wildman–Crippen LogP) is 4.45. The lowest BCUT2D eigenvalue weighted by molar-refractivity contribution is 0.283. The Bertz CT molecular complexity index is 1100. The predicted molar refractivity (Wildman–Crippen MR) is 127 cm³/mol. The van der Waals surface area contributed by atoms with Crippen LogP contribution in [-0.4, -0.2) is 48.1 Å². The van der Waals surface area contributed by atoms with Gasteiger partial charge in [-0.3, -0.25) is 0 Å². The number of aryl methyl sites for hydroxylation is 2. The molecule has 0 N–H and O–H groups in total. The van der Waals surface area contributed by atoms with Gasteiger partial charge >= 0.3 is 0 Å². The fourth-order valence-corrected chi connectivity index (χ4v) is 4.65. The molecule has 2 aromatic carbocycles. The number of ether oxygens (including phenoxy) is 1. The third kappa shape index (κ3) is 5.21. The zero-order chi connectivity index (χ0) is 22.5. The van der Waals surface area contributed by atoms with Crippen LogP contribution in [0.1, 0.15) is 22.3 Å². The highest BCUT2D eigenvalue weighted by Gasteiger charge is 2.20. The van der Waals surface area contributed by atoms with E-state index >= 15 is 0 Å². The Morgan fingerprint density at radius 1 is 1.06 bits per heavy atom. The Hall–Kier alpha value is -3.08. The van der Waals surface area contributed by atoms with Gasteiger partial charge in [0.05, 0.1) is 22.7 Å². The molecule has 164 valence electrons. The van der Waals surface area contributed by atoms with Gasteiger partial charge in [0.25, 0.3) is 0 Å². The molecule has 1 aliphatic heterocycles. The van der Waals surface area contributed by atoms with E-state index in [9.17, 15) is 5.26 Å². The summed E-state index contributed by atoms with van der Waals surface area (Å²) in [5.41, 5.74) is 3.88. The summed E-state index contributed by atoms with van der Waals surface area (Å²) in [6.07, 6.45) is 1.86. The molecular weight excluding hydrogens is 418 g/mol. The van der Waals surface area contributed by atoms with Gasteiger partial charge < -0.3 is 14.5 Å². The van der Waals surface area contributed by atoms with E-state index in [2.05, 4.69) is 27.9 Å². The number of hydrogen-bond acceptors (Lipinski definition) is 7. The van der Waals surface area contributed by atoms with E-state index in [0.29, 0.717) is 24.0 Å². The SMILES string of the molecule is Cc1cc(C#N)cc(C)c1Sc1cnc(N2CCN(C)CC2)nc1OCc1ccccc1. The number of anilines is 1. The Morgan fingerprint density at radius 2 is 1.75 bits per heavy atom. The minimum atomic E-state index is 0.443. The van der Waals surface area contributed by atoms with Gasteiger partial charge in [0.1, 0.15) is 6.61 Å². The van der Waals surface area contributed by atoms with E-state index in [0.717, 1.165) is 52.7 Å². The molecular formula is C25H27N5OS. The highest BCUT2D eigenvalue weighted by Crippen LogP contribution is 2.38. The van der Waals surface area contributed by atoms with Crippen molar-refractivity contribution in [1.29, 1.82) is 5.26 Å². The van der Waals surface area contributed by atoms with E-state index < -0.39 is 0 Å². The molecule has 0 bridgehead atoms. The number of rotatable bonds is 6. The minimum absolute atomic E-state index is 0.443. The lowest BCUT2D eigenvalue weighted by atomic mass is 10.1. The quantitative estimate of drug-likeness (QED) is 0.555. The summed E-state index contributed by atoms with van der Waals surface area (Å²) in [4.78, 5) is 16.0. The van der Waals surface area contributed by atoms with Crippen LogP contribution in [0.4, 0.5) is 5.95 Å². The summed E-state index contributed by atoms with van der Waals surface area (Å²) >= 11 is 1.59. The molecule has 0 amide bonds. The van der Waals surface area contributed by atoms with Crippen molar-refractivity contribution in [3.63, 3.8) is 0 Å². The summed E-state index contributed by atoms with van der Waals surface area (Å²) in [6, 6.07) is 16.2. The average Bonchev–Trinajstić information content (AvgIpc) is 2.81. The standard InChI is InChI=1S/C25H27N5OS/c1-18-13-21(15-26)14-19(2)23(18)32-22-16-27-25(30-11-9-29(3)10-12-30)28-24(22)31-17-20-7-5-4-6-8-20/h4-8,13-14,16H,9-12,17H2,1-3H3. The Morgan fingerprint density at radius 3 is 2.41 bits per heavy atom. The normalized spacial score (nSPS) is 14.2. The van der Waals surface area contributed by atoms with Crippen molar-refractivity contribution >= 4 is 17.7 Å². The zero-order valence-corrected chi connectivity index (χ0v) is 19.5. The fraction of sp³-hybridized carbons (Fsp3) is 0.320. The zero-order valence-electron chi connectivity index (χ0n) is 18.7. The molecule has 0 atom stereocenters. The summed E-state index contributed by atoms with van der Waals surface area (Å²) in [5.74, 6) is 1.30. The van der Waals surface area contributed by atoms with Gasteiger partial charge in [-0.2, -0.15) is 10.2 Å². The van der Waals surface area contributed by atoms with Crippen LogP contribution in [0.5, 0.6) is 5.88 Å². The number of benzene rings is 2. The maximum Gasteiger partial charge on any atom is 0.232 e. The molecule has 1 aromatic heterocycles. The monoisotopic (exact) mass is 445 g/mol. The fourth-order valence-electron chi connectivity index (χ4n) is 3.69. The highest BCUT2D eigenvalue weighted by atomic mass is 32.2. The second-order valence-electron chi connectivity index (χ2n) is 8.06. The molecule has 0 unspecified atom stereocenters. The van der Waals surface area contributed by atoms with Crippen molar-refractivity contribution in [2.45, 2.75) is 30.2 Å². The molecule has 1 fully saturated rings. The summed E-state index contributed by atoms with van der Waals surface area (Å²) in [7, 11) is 2.13. The van der Waals surface area contributed by atoms with Gasteiger partial charge in [-0.25, -0.2) is 4.98 Å².